The molecule has 0 bridgehead atoms. The van der Waals surface area contributed by atoms with Crippen LogP contribution in [0, 0.1) is 0 Å². The van der Waals surface area contributed by atoms with Gasteiger partial charge < -0.3 is 0 Å². The van der Waals surface area contributed by atoms with E-state index in [-0.39, 0.29) is 21.3 Å². The van der Waals surface area contributed by atoms with E-state index in [4.69, 9.17) is 16.2 Å². The van der Waals surface area contributed by atoms with Gasteiger partial charge in [-0.2, -0.15) is 8.42 Å². The molecule has 20 heavy (non-hydrogen) atoms. The molecule has 0 atom stereocenters. The highest BCUT2D eigenvalue weighted by atomic mass is 79.9. The number of carbonyl (C=O) groups is 1. The lowest BCUT2D eigenvalue weighted by Crippen LogP contribution is -2.04. The Morgan fingerprint density at radius 2 is 1.70 bits per heavy atom. The van der Waals surface area contributed by atoms with E-state index in [0.717, 1.165) is 16.6 Å². The first kappa shape index (κ1) is 15.2. The Kier molecular flexibility index (Phi) is 4.29. The summed E-state index contributed by atoms with van der Waals surface area (Å²) in [5.74, 6) is -0.329. The van der Waals surface area contributed by atoms with E-state index in [0.29, 0.717) is 5.56 Å². The number of hydrogen-bond donors (Lipinski definition) is 1. The molecule has 0 saturated heterocycles. The van der Waals surface area contributed by atoms with Gasteiger partial charge in [-0.3, -0.25) is 9.35 Å². The van der Waals surface area contributed by atoms with Crippen molar-refractivity contribution in [3.63, 3.8) is 0 Å². The smallest absolute Gasteiger partial charge is 0.289 e. The van der Waals surface area contributed by atoms with Crippen molar-refractivity contribution < 1.29 is 17.8 Å². The Balaban J connectivity index is 2.43. The maximum absolute atomic E-state index is 12.2. The largest absolute Gasteiger partial charge is 0.294 e. The van der Waals surface area contributed by atoms with Crippen LogP contribution in [-0.4, -0.2) is 18.8 Å². The number of benzene rings is 2. The van der Waals surface area contributed by atoms with Crippen molar-refractivity contribution >= 4 is 43.4 Å². The van der Waals surface area contributed by atoms with E-state index >= 15 is 0 Å². The van der Waals surface area contributed by atoms with Gasteiger partial charge in [-0.15, -0.1) is 0 Å². The maximum atomic E-state index is 12.2. The van der Waals surface area contributed by atoms with Crippen LogP contribution in [0.4, 0.5) is 0 Å². The first-order valence-electron chi connectivity index (χ1n) is 5.36. The van der Waals surface area contributed by atoms with E-state index in [1.807, 2.05) is 0 Å². The summed E-state index contributed by atoms with van der Waals surface area (Å²) in [6.45, 7) is 0. The number of carbonyl (C=O) groups excluding carboxylic acids is 1. The van der Waals surface area contributed by atoms with Crippen molar-refractivity contribution in [2.45, 2.75) is 4.90 Å². The number of hydrogen-bond acceptors (Lipinski definition) is 3. The Morgan fingerprint density at radius 3 is 2.20 bits per heavy atom. The third-order valence-corrected chi connectivity index (χ3v) is 4.28. The SMILES string of the molecule is O=C(c1ccc(Br)cc1)c1ccc(S(=O)(=O)O)cc1Cl. The summed E-state index contributed by atoms with van der Waals surface area (Å²) >= 11 is 9.17. The zero-order chi connectivity index (χ0) is 14.9. The highest BCUT2D eigenvalue weighted by Gasteiger charge is 2.17. The van der Waals surface area contributed by atoms with E-state index in [1.165, 1.54) is 6.07 Å². The first-order valence-corrected chi connectivity index (χ1v) is 7.97. The van der Waals surface area contributed by atoms with Crippen LogP contribution in [0.3, 0.4) is 0 Å². The van der Waals surface area contributed by atoms with Crippen LogP contribution >= 0.6 is 27.5 Å². The molecule has 0 aliphatic rings. The Morgan fingerprint density at radius 1 is 1.10 bits per heavy atom. The van der Waals surface area contributed by atoms with E-state index < -0.39 is 10.1 Å². The molecule has 1 N–H and O–H groups in total. The minimum absolute atomic E-state index is 0.0342. The monoisotopic (exact) mass is 374 g/mol. The number of ketones is 1. The summed E-state index contributed by atoms with van der Waals surface area (Å²) in [4.78, 5) is 11.9. The summed E-state index contributed by atoms with van der Waals surface area (Å²) in [6.07, 6.45) is 0. The van der Waals surface area contributed by atoms with Gasteiger partial charge >= 0.3 is 0 Å². The molecule has 104 valence electrons. The lowest BCUT2D eigenvalue weighted by atomic mass is 10.0. The van der Waals surface area contributed by atoms with Crippen LogP contribution in [0.25, 0.3) is 0 Å². The van der Waals surface area contributed by atoms with E-state index in [9.17, 15) is 13.2 Å². The highest BCUT2D eigenvalue weighted by molar-refractivity contribution is 9.10. The molecule has 0 aliphatic heterocycles. The molecule has 0 spiro atoms. The van der Waals surface area contributed by atoms with Gasteiger partial charge in [0, 0.05) is 15.6 Å². The third-order valence-electron chi connectivity index (χ3n) is 2.59. The van der Waals surface area contributed by atoms with Crippen LogP contribution < -0.4 is 0 Å². The molecule has 0 heterocycles. The van der Waals surface area contributed by atoms with Crippen molar-refractivity contribution in [1.29, 1.82) is 0 Å². The van der Waals surface area contributed by atoms with Crippen molar-refractivity contribution in [2.75, 3.05) is 0 Å². The molecular formula is C13H8BrClO4S. The summed E-state index contributed by atoms with van der Waals surface area (Å²) in [6, 6.07) is 10.1. The van der Waals surface area contributed by atoms with Gasteiger partial charge in [-0.1, -0.05) is 27.5 Å². The molecule has 0 saturated carbocycles. The minimum atomic E-state index is -4.34. The quantitative estimate of drug-likeness (QED) is 0.657. The fourth-order valence-electron chi connectivity index (χ4n) is 1.60. The molecule has 0 amide bonds. The first-order chi connectivity index (χ1) is 9.29. The fourth-order valence-corrected chi connectivity index (χ4v) is 2.70. The fraction of sp³-hybridized carbons (Fsp3) is 0. The van der Waals surface area contributed by atoms with Gasteiger partial charge in [-0.05, 0) is 42.5 Å². The third kappa shape index (κ3) is 3.27. The van der Waals surface area contributed by atoms with E-state index in [2.05, 4.69) is 15.9 Å². The van der Waals surface area contributed by atoms with Crippen LogP contribution in [0.15, 0.2) is 51.8 Å². The predicted octanol–water partition coefficient (Wildman–Crippen LogP) is 3.58. The second-order valence-corrected chi connectivity index (χ2v) is 6.70. The van der Waals surface area contributed by atoms with Crippen molar-refractivity contribution in [3.8, 4) is 0 Å². The van der Waals surface area contributed by atoms with Crippen LogP contribution in [-0.2, 0) is 10.1 Å². The maximum Gasteiger partial charge on any atom is 0.294 e. The predicted molar refractivity (Wildman–Crippen MR) is 78.8 cm³/mol. The average molecular weight is 376 g/mol. The van der Waals surface area contributed by atoms with Gasteiger partial charge in [0.25, 0.3) is 10.1 Å². The Bertz CT molecular complexity index is 769. The molecule has 2 aromatic carbocycles. The molecule has 4 nitrogen and oxygen atoms in total. The second-order valence-electron chi connectivity index (χ2n) is 3.95. The van der Waals surface area contributed by atoms with Gasteiger partial charge in [0.15, 0.2) is 5.78 Å². The van der Waals surface area contributed by atoms with Gasteiger partial charge in [0.2, 0.25) is 0 Å². The molecule has 0 fully saturated rings. The summed E-state index contributed by atoms with van der Waals surface area (Å²) in [5, 5.41) is -0.0342. The van der Waals surface area contributed by atoms with Gasteiger partial charge in [0.1, 0.15) is 0 Å². The minimum Gasteiger partial charge on any atom is -0.289 e. The topological polar surface area (TPSA) is 71.4 Å². The molecular weight excluding hydrogens is 368 g/mol. The Hall–Kier alpha value is -1.21. The van der Waals surface area contributed by atoms with Crippen LogP contribution in [0.5, 0.6) is 0 Å². The van der Waals surface area contributed by atoms with Crippen molar-refractivity contribution in [3.05, 3.63) is 63.1 Å². The summed E-state index contributed by atoms with van der Waals surface area (Å²) in [7, 11) is -4.34. The summed E-state index contributed by atoms with van der Waals surface area (Å²) < 4.78 is 31.7. The van der Waals surface area contributed by atoms with Crippen LogP contribution in [0.1, 0.15) is 15.9 Å². The average Bonchev–Trinajstić information content (AvgIpc) is 2.37. The second kappa shape index (κ2) is 5.65. The van der Waals surface area contributed by atoms with Crippen LogP contribution in [0.2, 0.25) is 5.02 Å². The standard InChI is InChI=1S/C13H8BrClO4S/c14-9-3-1-8(2-4-9)13(16)11-6-5-10(7-12(11)15)20(17,18)19/h1-7H,(H,17,18,19). The zero-order valence-electron chi connectivity index (χ0n) is 9.88. The number of halogens is 2. The molecule has 0 radical (unpaired) electrons. The highest BCUT2D eigenvalue weighted by Crippen LogP contribution is 2.24. The van der Waals surface area contributed by atoms with E-state index in [1.54, 1.807) is 24.3 Å². The normalized spacial score (nSPS) is 11.3. The molecule has 0 unspecified atom stereocenters. The molecule has 7 heteroatoms. The molecule has 2 rings (SSSR count). The molecule has 0 aliphatic carbocycles. The molecule has 0 aromatic heterocycles. The number of rotatable bonds is 3. The summed E-state index contributed by atoms with van der Waals surface area (Å²) in [5.41, 5.74) is 0.594. The van der Waals surface area contributed by atoms with Crippen molar-refractivity contribution in [2.24, 2.45) is 0 Å². The Labute approximate surface area is 129 Å². The lowest BCUT2D eigenvalue weighted by molar-refractivity contribution is 0.103. The zero-order valence-corrected chi connectivity index (χ0v) is 13.0. The van der Waals surface area contributed by atoms with Gasteiger partial charge in [-0.25, -0.2) is 0 Å². The lowest BCUT2D eigenvalue weighted by Gasteiger charge is -2.05. The van der Waals surface area contributed by atoms with Gasteiger partial charge in [0.05, 0.1) is 9.92 Å². The van der Waals surface area contributed by atoms with Crippen molar-refractivity contribution in [1.82, 2.24) is 0 Å². The molecule has 2 aromatic rings.